The minimum Gasteiger partial charge on any atom is -0.321 e. The average Bonchev–Trinajstić information content (AvgIpc) is 3.04. The largest absolute Gasteiger partial charge is 0.321 e. The number of carbonyl (C=O) groups is 2. The molecule has 126 valence electrons. The molecule has 0 saturated heterocycles. The molecule has 3 rings (SSSR count). The van der Waals surface area contributed by atoms with Gasteiger partial charge in [0.25, 0.3) is 5.91 Å². The topological polar surface area (TPSA) is 71.1 Å². The van der Waals surface area contributed by atoms with Crippen LogP contribution in [-0.4, -0.2) is 16.8 Å². The first kappa shape index (κ1) is 17.3. The molecule has 2 amide bonds. The third kappa shape index (κ3) is 4.98. The van der Waals surface area contributed by atoms with Gasteiger partial charge in [-0.1, -0.05) is 52.3 Å². The predicted octanol–water partition coefficient (Wildman–Crippen LogP) is 4.34. The van der Waals surface area contributed by atoms with Gasteiger partial charge in [0.05, 0.1) is 6.42 Å². The zero-order valence-electron chi connectivity index (χ0n) is 13.0. The molecule has 0 aliphatic rings. The van der Waals surface area contributed by atoms with E-state index in [0.29, 0.717) is 10.8 Å². The summed E-state index contributed by atoms with van der Waals surface area (Å²) in [6, 6.07) is 16.7. The normalized spacial score (nSPS) is 10.3. The minimum atomic E-state index is -0.321. The van der Waals surface area contributed by atoms with Crippen LogP contribution < -0.4 is 10.6 Å². The maximum atomic E-state index is 12.2. The van der Waals surface area contributed by atoms with Crippen LogP contribution in [0.5, 0.6) is 0 Å². The fraction of sp³-hybridized carbons (Fsp3) is 0.0556. The summed E-state index contributed by atoms with van der Waals surface area (Å²) in [5.74, 6) is -0.489. The summed E-state index contributed by atoms with van der Waals surface area (Å²) >= 11 is 4.57. The Labute approximate surface area is 157 Å². The molecule has 0 unspecified atom stereocenters. The van der Waals surface area contributed by atoms with E-state index in [4.69, 9.17) is 0 Å². The van der Waals surface area contributed by atoms with Crippen molar-refractivity contribution in [1.29, 1.82) is 0 Å². The third-order valence-electron chi connectivity index (χ3n) is 3.27. The first-order chi connectivity index (χ1) is 12.1. The number of amides is 2. The Balaban J connectivity index is 1.60. The first-order valence-electron chi connectivity index (χ1n) is 7.46. The summed E-state index contributed by atoms with van der Waals surface area (Å²) in [6.07, 6.45) is 0.264. The van der Waals surface area contributed by atoms with Crippen molar-refractivity contribution >= 4 is 49.9 Å². The highest BCUT2D eigenvalue weighted by Gasteiger charge is 2.13. The Morgan fingerprint density at radius 3 is 2.60 bits per heavy atom. The summed E-state index contributed by atoms with van der Waals surface area (Å²) < 4.78 is 0.873. The maximum Gasteiger partial charge on any atom is 0.275 e. The second kappa shape index (κ2) is 8.04. The highest BCUT2D eigenvalue weighted by Crippen LogP contribution is 2.19. The van der Waals surface area contributed by atoms with Crippen LogP contribution in [0, 0.1) is 0 Å². The van der Waals surface area contributed by atoms with E-state index in [1.807, 2.05) is 42.5 Å². The average molecular weight is 416 g/mol. The van der Waals surface area contributed by atoms with Gasteiger partial charge in [-0.25, -0.2) is 4.98 Å². The predicted molar refractivity (Wildman–Crippen MR) is 103 cm³/mol. The van der Waals surface area contributed by atoms with E-state index in [2.05, 4.69) is 31.5 Å². The number of nitrogens with zero attached hydrogens (tertiary/aromatic N) is 1. The molecule has 0 fully saturated rings. The molecule has 0 atom stereocenters. The number of rotatable bonds is 5. The number of benzene rings is 2. The summed E-state index contributed by atoms with van der Waals surface area (Å²) in [7, 11) is 0. The SMILES string of the molecule is O=C(Cc1ccccc1)Nc1nc(C(=O)Nc2cccc(Br)c2)cs1. The Hall–Kier alpha value is -2.51. The number of halogens is 1. The van der Waals surface area contributed by atoms with Crippen LogP contribution in [0.3, 0.4) is 0 Å². The number of anilines is 2. The van der Waals surface area contributed by atoms with Crippen LogP contribution in [-0.2, 0) is 11.2 Å². The van der Waals surface area contributed by atoms with E-state index in [0.717, 1.165) is 10.0 Å². The second-order valence-corrected chi connectivity index (χ2v) is 6.99. The number of hydrogen-bond acceptors (Lipinski definition) is 4. The lowest BCUT2D eigenvalue weighted by molar-refractivity contribution is -0.115. The highest BCUT2D eigenvalue weighted by molar-refractivity contribution is 9.10. The molecule has 0 saturated carbocycles. The van der Waals surface area contributed by atoms with Crippen molar-refractivity contribution in [1.82, 2.24) is 4.98 Å². The van der Waals surface area contributed by atoms with Gasteiger partial charge in [0, 0.05) is 15.5 Å². The molecule has 0 radical (unpaired) electrons. The summed E-state index contributed by atoms with van der Waals surface area (Å²) in [5.41, 5.74) is 1.85. The van der Waals surface area contributed by atoms with E-state index >= 15 is 0 Å². The molecule has 3 aromatic rings. The molecule has 0 spiro atoms. The quantitative estimate of drug-likeness (QED) is 0.650. The highest BCUT2D eigenvalue weighted by atomic mass is 79.9. The van der Waals surface area contributed by atoms with Crippen molar-refractivity contribution in [3.8, 4) is 0 Å². The summed E-state index contributed by atoms with van der Waals surface area (Å²) in [5, 5.41) is 7.51. The van der Waals surface area contributed by atoms with Gasteiger partial charge in [0.15, 0.2) is 5.13 Å². The molecule has 2 aromatic carbocycles. The van der Waals surface area contributed by atoms with Crippen LogP contribution >= 0.6 is 27.3 Å². The monoisotopic (exact) mass is 415 g/mol. The van der Waals surface area contributed by atoms with Crippen molar-refractivity contribution < 1.29 is 9.59 Å². The zero-order chi connectivity index (χ0) is 17.6. The third-order valence-corrected chi connectivity index (χ3v) is 4.52. The molecule has 5 nitrogen and oxygen atoms in total. The fourth-order valence-corrected chi connectivity index (χ4v) is 3.25. The molecule has 7 heteroatoms. The Bertz CT molecular complexity index is 896. The summed E-state index contributed by atoms with van der Waals surface area (Å²) in [6.45, 7) is 0. The number of hydrogen-bond donors (Lipinski definition) is 2. The van der Waals surface area contributed by atoms with E-state index in [1.165, 1.54) is 11.3 Å². The molecule has 25 heavy (non-hydrogen) atoms. The standard InChI is InChI=1S/C18H14BrN3O2S/c19-13-7-4-8-14(10-13)20-17(24)15-11-25-18(21-15)22-16(23)9-12-5-2-1-3-6-12/h1-8,10-11H,9H2,(H,20,24)(H,21,22,23). The Kier molecular flexibility index (Phi) is 5.57. The van der Waals surface area contributed by atoms with Gasteiger partial charge in [-0.3, -0.25) is 9.59 Å². The summed E-state index contributed by atoms with van der Waals surface area (Å²) in [4.78, 5) is 28.4. The van der Waals surface area contributed by atoms with Gasteiger partial charge >= 0.3 is 0 Å². The number of carbonyl (C=O) groups excluding carboxylic acids is 2. The van der Waals surface area contributed by atoms with Crippen LogP contribution in [0.25, 0.3) is 0 Å². The number of aromatic nitrogens is 1. The molecule has 2 N–H and O–H groups in total. The Morgan fingerprint density at radius 1 is 1.04 bits per heavy atom. The van der Waals surface area contributed by atoms with E-state index in [1.54, 1.807) is 17.5 Å². The lowest BCUT2D eigenvalue weighted by Gasteiger charge is -2.03. The first-order valence-corrected chi connectivity index (χ1v) is 9.13. The number of thiazole rings is 1. The lowest BCUT2D eigenvalue weighted by atomic mass is 10.1. The van der Waals surface area contributed by atoms with Gasteiger partial charge in [0.1, 0.15) is 5.69 Å². The van der Waals surface area contributed by atoms with Crippen LogP contribution in [0.1, 0.15) is 16.1 Å². The fourth-order valence-electron chi connectivity index (χ4n) is 2.14. The van der Waals surface area contributed by atoms with Crippen molar-refractivity contribution in [3.05, 3.63) is 75.7 Å². The van der Waals surface area contributed by atoms with Gasteiger partial charge in [-0.05, 0) is 23.8 Å². The van der Waals surface area contributed by atoms with Gasteiger partial charge in [0.2, 0.25) is 5.91 Å². The lowest BCUT2D eigenvalue weighted by Crippen LogP contribution is -2.15. The second-order valence-electron chi connectivity index (χ2n) is 5.21. The molecule has 0 aliphatic carbocycles. The van der Waals surface area contributed by atoms with Gasteiger partial charge in [-0.15, -0.1) is 11.3 Å². The van der Waals surface area contributed by atoms with Gasteiger partial charge < -0.3 is 10.6 Å². The Morgan fingerprint density at radius 2 is 1.84 bits per heavy atom. The molecule has 1 heterocycles. The van der Waals surface area contributed by atoms with Crippen LogP contribution in [0.15, 0.2) is 64.5 Å². The smallest absolute Gasteiger partial charge is 0.275 e. The van der Waals surface area contributed by atoms with Crippen molar-refractivity contribution in [3.63, 3.8) is 0 Å². The van der Waals surface area contributed by atoms with E-state index in [-0.39, 0.29) is 23.9 Å². The van der Waals surface area contributed by atoms with Crippen LogP contribution in [0.2, 0.25) is 0 Å². The maximum absolute atomic E-state index is 12.2. The molecule has 1 aromatic heterocycles. The molecular weight excluding hydrogens is 402 g/mol. The van der Waals surface area contributed by atoms with Crippen LogP contribution in [0.4, 0.5) is 10.8 Å². The van der Waals surface area contributed by atoms with Crippen molar-refractivity contribution in [2.75, 3.05) is 10.6 Å². The van der Waals surface area contributed by atoms with E-state index in [9.17, 15) is 9.59 Å². The van der Waals surface area contributed by atoms with Crippen molar-refractivity contribution in [2.24, 2.45) is 0 Å². The number of nitrogens with one attached hydrogen (secondary N) is 2. The molecule has 0 aliphatic heterocycles. The van der Waals surface area contributed by atoms with E-state index < -0.39 is 0 Å². The zero-order valence-corrected chi connectivity index (χ0v) is 15.4. The molecular formula is C18H14BrN3O2S. The minimum absolute atomic E-state index is 0.167. The van der Waals surface area contributed by atoms with Gasteiger partial charge in [-0.2, -0.15) is 0 Å². The van der Waals surface area contributed by atoms with Crippen molar-refractivity contribution in [2.45, 2.75) is 6.42 Å². The molecule has 0 bridgehead atoms.